The highest BCUT2D eigenvalue weighted by Gasteiger charge is 2.57. The maximum atomic E-state index is 14.2. The minimum absolute atomic E-state index is 0.213. The van der Waals surface area contributed by atoms with Gasteiger partial charge in [0.25, 0.3) is 0 Å². The molecule has 3 heterocycles. The number of anilines is 2. The summed E-state index contributed by atoms with van der Waals surface area (Å²) in [7, 11) is 3.01. The Morgan fingerprint density at radius 3 is 2.26 bits per heavy atom. The number of aromatic nitrogens is 1. The van der Waals surface area contributed by atoms with Crippen molar-refractivity contribution in [3.63, 3.8) is 0 Å². The first-order valence-corrected chi connectivity index (χ1v) is 16.5. The fourth-order valence-electron chi connectivity index (χ4n) is 5.86. The number of nitrogens with one attached hydrogen (secondary N) is 1. The number of thiazole rings is 1. The van der Waals surface area contributed by atoms with E-state index in [1.807, 2.05) is 19.1 Å². The second-order valence-corrected chi connectivity index (χ2v) is 13.1. The number of carbonyl (C=O) groups is 4. The van der Waals surface area contributed by atoms with Crippen LogP contribution in [-0.4, -0.2) is 54.3 Å². The molecule has 0 spiro atoms. The summed E-state index contributed by atoms with van der Waals surface area (Å²) < 4.78 is 17.4. The van der Waals surface area contributed by atoms with Crippen LogP contribution in [0.15, 0.2) is 76.6 Å². The average Bonchev–Trinajstić information content (AvgIpc) is 3.51. The number of amides is 3. The summed E-state index contributed by atoms with van der Waals surface area (Å²) in [6.45, 7) is 3.58. The second-order valence-electron chi connectivity index (χ2n) is 11.0. The van der Waals surface area contributed by atoms with Crippen molar-refractivity contribution in [1.82, 2.24) is 4.57 Å². The fourth-order valence-corrected chi connectivity index (χ4v) is 8.63. The lowest BCUT2D eigenvalue weighted by Gasteiger charge is -2.31. The second kappa shape index (κ2) is 13.1. The van der Waals surface area contributed by atoms with Crippen molar-refractivity contribution >= 4 is 58.2 Å². The zero-order valence-corrected chi connectivity index (χ0v) is 27.6. The normalized spacial score (nSPS) is 18.4. The maximum Gasteiger partial charge on any atom is 0.338 e. The van der Waals surface area contributed by atoms with E-state index < -0.39 is 40.8 Å². The number of nitrogens with zero attached hydrogens (tertiary/aromatic N) is 2. The van der Waals surface area contributed by atoms with Crippen molar-refractivity contribution in [3.05, 3.63) is 98.0 Å². The van der Waals surface area contributed by atoms with Crippen LogP contribution < -0.4 is 24.6 Å². The third kappa shape index (κ3) is 5.92. The molecule has 1 saturated heterocycles. The predicted octanol–water partition coefficient (Wildman–Crippen LogP) is 4.85. The Bertz CT molecular complexity index is 1930. The number of hydrogen-bond donors (Lipinski definition) is 1. The van der Waals surface area contributed by atoms with Crippen LogP contribution in [0.1, 0.15) is 39.2 Å². The first kappa shape index (κ1) is 32.1. The van der Waals surface area contributed by atoms with Gasteiger partial charge in [0.2, 0.25) is 17.7 Å². The topological polar surface area (TPSA) is 133 Å². The maximum absolute atomic E-state index is 14.2. The van der Waals surface area contributed by atoms with Gasteiger partial charge in [-0.2, -0.15) is 0 Å². The Balaban J connectivity index is 1.40. The molecule has 1 aromatic heterocycles. The van der Waals surface area contributed by atoms with Crippen LogP contribution in [0.25, 0.3) is 0 Å². The van der Waals surface area contributed by atoms with E-state index in [1.165, 1.54) is 43.1 Å². The van der Waals surface area contributed by atoms with Crippen LogP contribution in [0, 0.1) is 12.8 Å². The molecule has 242 valence electrons. The van der Waals surface area contributed by atoms with E-state index in [2.05, 4.69) is 5.32 Å². The Hall–Kier alpha value is -4.88. The molecule has 0 bridgehead atoms. The number of benzene rings is 3. The lowest BCUT2D eigenvalue weighted by Crippen LogP contribution is -2.33. The van der Waals surface area contributed by atoms with Gasteiger partial charge in [0.05, 0.1) is 43.0 Å². The van der Waals surface area contributed by atoms with E-state index in [-0.39, 0.29) is 18.0 Å². The number of esters is 1. The molecule has 3 aromatic carbocycles. The van der Waals surface area contributed by atoms with Gasteiger partial charge < -0.3 is 19.5 Å². The quantitative estimate of drug-likeness (QED) is 0.196. The van der Waals surface area contributed by atoms with E-state index in [9.17, 15) is 24.0 Å². The number of rotatable bonds is 9. The van der Waals surface area contributed by atoms with Crippen LogP contribution >= 0.6 is 23.1 Å². The molecular formula is C34H31N3O8S2. The van der Waals surface area contributed by atoms with Crippen molar-refractivity contribution in [1.29, 1.82) is 0 Å². The van der Waals surface area contributed by atoms with Gasteiger partial charge in [-0.05, 0) is 67.9 Å². The number of aryl methyl sites for hydroxylation is 1. The van der Waals surface area contributed by atoms with Gasteiger partial charge >= 0.3 is 10.8 Å². The number of imide groups is 1. The highest BCUT2D eigenvalue weighted by molar-refractivity contribution is 8.00. The van der Waals surface area contributed by atoms with Gasteiger partial charge in [-0.1, -0.05) is 46.9 Å². The Labute approximate surface area is 278 Å². The molecule has 47 heavy (non-hydrogen) atoms. The first-order chi connectivity index (χ1) is 22.6. The summed E-state index contributed by atoms with van der Waals surface area (Å²) in [5.74, 6) is -2.47. The standard InChI is InChI=1S/C34H31N3O8S2/c1-5-45-33(41)19-8-13-22(14-9-19)37-30(39)27-26(20-10-15-23(43-3)24(16-20)44-4)29-32(46-28(27)31(37)40)36(34(42)47-29)17-25(38)35-21-11-6-18(2)7-12-21/h6-16,26-28H,5,17H2,1-4H3,(H,35,38)/t26-,27?,28?/m0/s1. The zero-order valence-electron chi connectivity index (χ0n) is 26.0. The number of ether oxygens (including phenoxy) is 3. The molecule has 0 saturated carbocycles. The molecule has 2 aliphatic heterocycles. The first-order valence-electron chi connectivity index (χ1n) is 14.8. The highest BCUT2D eigenvalue weighted by Crippen LogP contribution is 2.54. The molecule has 3 atom stereocenters. The smallest absolute Gasteiger partial charge is 0.338 e. The molecule has 0 radical (unpaired) electrons. The molecule has 1 N–H and O–H groups in total. The zero-order chi connectivity index (χ0) is 33.4. The van der Waals surface area contributed by atoms with E-state index >= 15 is 0 Å². The molecular weight excluding hydrogens is 643 g/mol. The number of hydrogen-bond acceptors (Lipinski definition) is 10. The summed E-state index contributed by atoms with van der Waals surface area (Å²) in [5.41, 5.74) is 2.89. The van der Waals surface area contributed by atoms with Crippen LogP contribution in [-0.2, 0) is 25.7 Å². The number of carbonyl (C=O) groups excluding carboxylic acids is 4. The van der Waals surface area contributed by atoms with Crippen molar-refractivity contribution in [2.45, 2.75) is 36.6 Å². The lowest BCUT2D eigenvalue weighted by atomic mass is 9.83. The van der Waals surface area contributed by atoms with Crippen LogP contribution in [0.2, 0.25) is 0 Å². The predicted molar refractivity (Wildman–Crippen MR) is 178 cm³/mol. The summed E-state index contributed by atoms with van der Waals surface area (Å²) in [6.07, 6.45) is 0. The number of methoxy groups -OCH3 is 2. The van der Waals surface area contributed by atoms with Gasteiger partial charge in [-0.15, -0.1) is 0 Å². The fraction of sp³-hybridized carbons (Fsp3) is 0.265. The molecule has 4 aromatic rings. The van der Waals surface area contributed by atoms with Crippen LogP contribution in [0.5, 0.6) is 11.5 Å². The average molecular weight is 674 g/mol. The van der Waals surface area contributed by atoms with Crippen LogP contribution in [0.4, 0.5) is 11.4 Å². The largest absolute Gasteiger partial charge is 0.493 e. The Morgan fingerprint density at radius 1 is 0.894 bits per heavy atom. The summed E-state index contributed by atoms with van der Waals surface area (Å²) in [6, 6.07) is 18.6. The molecule has 1 fully saturated rings. The molecule has 0 aliphatic carbocycles. The van der Waals surface area contributed by atoms with Crippen molar-refractivity contribution in [2.24, 2.45) is 5.92 Å². The van der Waals surface area contributed by atoms with Gasteiger partial charge in [0, 0.05) is 16.5 Å². The highest BCUT2D eigenvalue weighted by atomic mass is 32.2. The third-order valence-corrected chi connectivity index (χ3v) is 10.7. The molecule has 11 nitrogen and oxygen atoms in total. The molecule has 2 aliphatic rings. The van der Waals surface area contributed by atoms with Gasteiger partial charge in [0.15, 0.2) is 11.5 Å². The lowest BCUT2D eigenvalue weighted by molar-refractivity contribution is -0.122. The molecule has 6 rings (SSSR count). The molecule has 13 heteroatoms. The summed E-state index contributed by atoms with van der Waals surface area (Å²) in [5, 5.41) is 2.40. The Kier molecular flexibility index (Phi) is 8.93. The monoisotopic (exact) mass is 673 g/mol. The molecule has 2 unspecified atom stereocenters. The SMILES string of the molecule is CCOC(=O)c1ccc(N2C(=O)C3Sc4c(sc(=O)n4CC(=O)Nc4ccc(C)cc4)[C@@H](c4ccc(OC)c(OC)c4)C3C2=O)cc1. The van der Waals surface area contributed by atoms with E-state index in [1.54, 1.807) is 37.3 Å². The summed E-state index contributed by atoms with van der Waals surface area (Å²) >= 11 is 2.07. The van der Waals surface area contributed by atoms with Crippen LogP contribution in [0.3, 0.4) is 0 Å². The van der Waals surface area contributed by atoms with Gasteiger partial charge in [0.1, 0.15) is 11.8 Å². The van der Waals surface area contributed by atoms with Crippen molar-refractivity contribution in [2.75, 3.05) is 31.0 Å². The molecule has 3 amide bonds. The number of thioether (sulfide) groups is 1. The van der Waals surface area contributed by atoms with Gasteiger partial charge in [-0.3, -0.25) is 23.7 Å². The number of fused-ring (bicyclic) bond motifs is 2. The van der Waals surface area contributed by atoms with E-state index in [0.717, 1.165) is 33.6 Å². The minimum Gasteiger partial charge on any atom is -0.493 e. The third-order valence-electron chi connectivity index (χ3n) is 8.09. The van der Waals surface area contributed by atoms with Crippen molar-refractivity contribution in [3.8, 4) is 11.5 Å². The van der Waals surface area contributed by atoms with Gasteiger partial charge in [-0.25, -0.2) is 9.69 Å². The van der Waals surface area contributed by atoms with E-state index in [0.29, 0.717) is 43.9 Å². The summed E-state index contributed by atoms with van der Waals surface area (Å²) in [4.78, 5) is 68.5. The van der Waals surface area contributed by atoms with Crippen molar-refractivity contribution < 1.29 is 33.4 Å². The minimum atomic E-state index is -0.891. The van der Waals surface area contributed by atoms with E-state index in [4.69, 9.17) is 14.2 Å². The Morgan fingerprint density at radius 2 is 1.60 bits per heavy atom.